The minimum atomic E-state index is -3.60. The van der Waals surface area contributed by atoms with Gasteiger partial charge in [-0.05, 0) is 55.0 Å². The molecule has 0 spiro atoms. The fourth-order valence-electron chi connectivity index (χ4n) is 4.62. The van der Waals surface area contributed by atoms with Crippen LogP contribution in [0.15, 0.2) is 58.2 Å². The number of aryl methyl sites for hydroxylation is 1. The summed E-state index contributed by atoms with van der Waals surface area (Å²) in [5, 5.41) is 8.00. The van der Waals surface area contributed by atoms with Gasteiger partial charge in [-0.3, -0.25) is 9.59 Å². The maximum Gasteiger partial charge on any atom is 0.276 e. The van der Waals surface area contributed by atoms with Crippen molar-refractivity contribution in [3.63, 3.8) is 0 Å². The lowest BCUT2D eigenvalue weighted by Crippen LogP contribution is -2.42. The van der Waals surface area contributed by atoms with E-state index in [4.69, 9.17) is 0 Å². The molecule has 0 saturated carbocycles. The zero-order valence-corrected chi connectivity index (χ0v) is 20.5. The molecule has 2 aromatic carbocycles. The molecule has 180 valence electrons. The molecule has 1 aliphatic heterocycles. The first-order valence-corrected chi connectivity index (χ1v) is 13.1. The number of rotatable bonds is 6. The summed E-state index contributed by atoms with van der Waals surface area (Å²) in [7, 11) is -3.60. The second-order valence-corrected chi connectivity index (χ2v) is 11.1. The number of nitrogens with zero attached hydrogens (tertiary/aromatic N) is 3. The molecule has 34 heavy (non-hydrogen) atoms. The summed E-state index contributed by atoms with van der Waals surface area (Å²) < 4.78 is 29.1. The Morgan fingerprint density at radius 3 is 2.26 bits per heavy atom. The normalized spacial score (nSPS) is 19.3. The number of hydrogen-bond donors (Lipinski definition) is 1. The first-order valence-electron chi connectivity index (χ1n) is 11.6. The molecule has 3 aromatic rings. The van der Waals surface area contributed by atoms with Crippen LogP contribution in [-0.4, -0.2) is 41.5 Å². The average Bonchev–Trinajstić information content (AvgIpc) is 2.80. The Hall–Kier alpha value is -3.04. The SMILES string of the molecule is CCCn1nc(C(=O)Nc2ccc(S(=O)(=O)N3C[C@H](C)C[C@H](C)C3)cc2)c2ccccc2c1=O. The smallest absolute Gasteiger partial charge is 0.276 e. The van der Waals surface area contributed by atoms with Crippen molar-refractivity contribution in [2.24, 2.45) is 11.8 Å². The van der Waals surface area contributed by atoms with Gasteiger partial charge in [0.25, 0.3) is 11.5 Å². The summed E-state index contributed by atoms with van der Waals surface area (Å²) in [6, 6.07) is 13.1. The lowest BCUT2D eigenvalue weighted by molar-refractivity contribution is 0.102. The number of sulfonamides is 1. The number of hydrogen-bond acceptors (Lipinski definition) is 5. The largest absolute Gasteiger partial charge is 0.321 e. The molecule has 0 aliphatic carbocycles. The first kappa shape index (κ1) is 24.1. The number of amides is 1. The van der Waals surface area contributed by atoms with Gasteiger partial charge in [0.1, 0.15) is 0 Å². The molecule has 9 heteroatoms. The summed E-state index contributed by atoms with van der Waals surface area (Å²) in [6.07, 6.45) is 1.72. The number of carbonyl (C=O) groups is 1. The highest BCUT2D eigenvalue weighted by atomic mass is 32.2. The molecule has 1 saturated heterocycles. The first-order chi connectivity index (χ1) is 16.2. The molecule has 1 N–H and O–H groups in total. The number of piperidine rings is 1. The molecule has 0 bridgehead atoms. The van der Waals surface area contributed by atoms with E-state index in [1.165, 1.54) is 16.8 Å². The van der Waals surface area contributed by atoms with Crippen LogP contribution in [-0.2, 0) is 16.6 Å². The van der Waals surface area contributed by atoms with Crippen molar-refractivity contribution in [2.45, 2.75) is 45.1 Å². The summed E-state index contributed by atoms with van der Waals surface area (Å²) in [6.45, 7) is 7.50. The molecule has 0 unspecified atom stereocenters. The van der Waals surface area contributed by atoms with E-state index in [1.54, 1.807) is 40.7 Å². The minimum absolute atomic E-state index is 0.150. The van der Waals surface area contributed by atoms with E-state index in [1.807, 2.05) is 6.92 Å². The molecule has 4 rings (SSSR count). The summed E-state index contributed by atoms with van der Waals surface area (Å²) in [4.78, 5) is 25.9. The number of anilines is 1. The Labute approximate surface area is 199 Å². The van der Waals surface area contributed by atoms with Gasteiger partial charge in [-0.15, -0.1) is 0 Å². The Bertz CT molecular complexity index is 1360. The van der Waals surface area contributed by atoms with Gasteiger partial charge in [0, 0.05) is 30.7 Å². The molecule has 2 heterocycles. The van der Waals surface area contributed by atoms with Crippen molar-refractivity contribution in [1.29, 1.82) is 0 Å². The van der Waals surface area contributed by atoms with E-state index in [2.05, 4.69) is 24.3 Å². The quantitative estimate of drug-likeness (QED) is 0.577. The number of carbonyl (C=O) groups excluding carboxylic acids is 1. The van der Waals surface area contributed by atoms with Crippen LogP contribution in [0.25, 0.3) is 10.8 Å². The van der Waals surface area contributed by atoms with Crippen LogP contribution in [0.3, 0.4) is 0 Å². The standard InChI is InChI=1S/C25H30N4O4S/c1-4-13-29-25(31)22-8-6-5-7-21(22)23(27-29)24(30)26-19-9-11-20(12-10-19)34(32,33)28-15-17(2)14-18(3)16-28/h5-12,17-18H,4,13-16H2,1-3H3,(H,26,30)/t17-,18+. The third-order valence-electron chi connectivity index (χ3n) is 6.10. The molecule has 2 atom stereocenters. The third kappa shape index (κ3) is 4.76. The maximum absolute atomic E-state index is 13.1. The number of fused-ring (bicyclic) bond motifs is 1. The molecular formula is C25H30N4O4S. The van der Waals surface area contributed by atoms with Crippen molar-refractivity contribution in [3.05, 3.63) is 64.6 Å². The fourth-order valence-corrected chi connectivity index (χ4v) is 6.30. The van der Waals surface area contributed by atoms with Crippen LogP contribution >= 0.6 is 0 Å². The molecule has 1 amide bonds. The zero-order valence-electron chi connectivity index (χ0n) is 19.7. The van der Waals surface area contributed by atoms with Crippen LogP contribution in [0, 0.1) is 11.8 Å². The second-order valence-electron chi connectivity index (χ2n) is 9.17. The highest BCUT2D eigenvalue weighted by molar-refractivity contribution is 7.89. The van der Waals surface area contributed by atoms with E-state index in [9.17, 15) is 18.0 Å². The van der Waals surface area contributed by atoms with Crippen LogP contribution in [0.5, 0.6) is 0 Å². The van der Waals surface area contributed by atoms with Crippen molar-refractivity contribution in [2.75, 3.05) is 18.4 Å². The number of benzene rings is 2. The third-order valence-corrected chi connectivity index (χ3v) is 7.95. The van der Waals surface area contributed by atoms with E-state index in [0.29, 0.717) is 54.4 Å². The summed E-state index contributed by atoms with van der Waals surface area (Å²) in [5.74, 6) is 0.168. The predicted molar refractivity (Wildman–Crippen MR) is 132 cm³/mol. The monoisotopic (exact) mass is 482 g/mol. The molecule has 1 fully saturated rings. The van der Waals surface area contributed by atoms with Gasteiger partial charge in [0.15, 0.2) is 5.69 Å². The van der Waals surface area contributed by atoms with Gasteiger partial charge in [0.05, 0.1) is 10.3 Å². The number of aromatic nitrogens is 2. The Kier molecular flexibility index (Phi) is 6.86. The minimum Gasteiger partial charge on any atom is -0.321 e. The van der Waals surface area contributed by atoms with Gasteiger partial charge < -0.3 is 5.32 Å². The molecule has 8 nitrogen and oxygen atoms in total. The van der Waals surface area contributed by atoms with Crippen molar-refractivity contribution in [3.8, 4) is 0 Å². The molecule has 0 radical (unpaired) electrons. The Balaban J connectivity index is 1.59. The highest BCUT2D eigenvalue weighted by Crippen LogP contribution is 2.27. The van der Waals surface area contributed by atoms with Crippen molar-refractivity contribution in [1.82, 2.24) is 14.1 Å². The van der Waals surface area contributed by atoms with Crippen molar-refractivity contribution >= 4 is 32.4 Å². The van der Waals surface area contributed by atoms with E-state index in [0.717, 1.165) is 6.42 Å². The fraction of sp³-hybridized carbons (Fsp3) is 0.400. The van der Waals surface area contributed by atoms with Crippen LogP contribution in [0.4, 0.5) is 5.69 Å². The topological polar surface area (TPSA) is 101 Å². The van der Waals surface area contributed by atoms with Crippen LogP contribution in [0.2, 0.25) is 0 Å². The van der Waals surface area contributed by atoms with Gasteiger partial charge in [-0.25, -0.2) is 13.1 Å². The summed E-state index contributed by atoms with van der Waals surface area (Å²) in [5.41, 5.74) is 0.366. The Morgan fingerprint density at radius 2 is 1.65 bits per heavy atom. The van der Waals surface area contributed by atoms with Gasteiger partial charge in [-0.2, -0.15) is 9.40 Å². The molecule has 1 aromatic heterocycles. The van der Waals surface area contributed by atoms with Gasteiger partial charge in [-0.1, -0.05) is 39.0 Å². The van der Waals surface area contributed by atoms with E-state index in [-0.39, 0.29) is 16.1 Å². The van der Waals surface area contributed by atoms with E-state index < -0.39 is 15.9 Å². The predicted octanol–water partition coefficient (Wildman–Crippen LogP) is 3.73. The van der Waals surface area contributed by atoms with Crippen LogP contribution in [0.1, 0.15) is 44.1 Å². The Morgan fingerprint density at radius 1 is 1.03 bits per heavy atom. The number of nitrogens with one attached hydrogen (secondary N) is 1. The lowest BCUT2D eigenvalue weighted by atomic mass is 9.94. The van der Waals surface area contributed by atoms with Crippen LogP contribution < -0.4 is 10.9 Å². The molecular weight excluding hydrogens is 452 g/mol. The average molecular weight is 483 g/mol. The van der Waals surface area contributed by atoms with Crippen molar-refractivity contribution < 1.29 is 13.2 Å². The lowest BCUT2D eigenvalue weighted by Gasteiger charge is -2.34. The van der Waals surface area contributed by atoms with Gasteiger partial charge in [0.2, 0.25) is 10.0 Å². The summed E-state index contributed by atoms with van der Waals surface area (Å²) >= 11 is 0. The highest BCUT2D eigenvalue weighted by Gasteiger charge is 2.31. The zero-order chi connectivity index (χ0) is 24.5. The molecule has 1 aliphatic rings. The van der Waals surface area contributed by atoms with E-state index >= 15 is 0 Å². The maximum atomic E-state index is 13.1. The second kappa shape index (κ2) is 9.68. The van der Waals surface area contributed by atoms with Gasteiger partial charge >= 0.3 is 0 Å².